The summed E-state index contributed by atoms with van der Waals surface area (Å²) in [5, 5.41) is 11.7. The second-order valence-electron chi connectivity index (χ2n) is 2.98. The van der Waals surface area contributed by atoms with E-state index >= 15 is 0 Å². The predicted octanol–water partition coefficient (Wildman–Crippen LogP) is 3.88. The number of benzene rings is 1. The number of nitro benzene ring substituents is 1. The van der Waals surface area contributed by atoms with Gasteiger partial charge in [0.15, 0.2) is 0 Å². The molecule has 0 saturated heterocycles. The first-order valence-electron chi connectivity index (χ1n) is 3.92. The van der Waals surface area contributed by atoms with E-state index in [0.29, 0.717) is 5.56 Å². The minimum Gasteiger partial charge on any atom is -0.258 e. The molecule has 1 aromatic heterocycles. The lowest BCUT2D eigenvalue weighted by Gasteiger charge is -1.96. The number of thiophene rings is 1. The summed E-state index contributed by atoms with van der Waals surface area (Å²) in [6.07, 6.45) is 0. The molecule has 0 aliphatic heterocycles. The van der Waals surface area contributed by atoms with Gasteiger partial charge in [-0.05, 0) is 40.4 Å². The number of rotatable bonds is 1. The van der Waals surface area contributed by atoms with Gasteiger partial charge in [0, 0.05) is 16.3 Å². The molecule has 0 unspecified atom stereocenters. The molecular formula is C9H6BrNO2S. The third kappa shape index (κ3) is 1.53. The van der Waals surface area contributed by atoms with Crippen LogP contribution < -0.4 is 0 Å². The van der Waals surface area contributed by atoms with Gasteiger partial charge in [0.2, 0.25) is 0 Å². The van der Waals surface area contributed by atoms with E-state index in [9.17, 15) is 10.1 Å². The number of fused-ring (bicyclic) bond motifs is 1. The second-order valence-corrected chi connectivity index (χ2v) is 5.45. The highest BCUT2D eigenvalue weighted by atomic mass is 79.9. The summed E-state index contributed by atoms with van der Waals surface area (Å²) >= 11 is 4.86. The molecule has 0 amide bonds. The molecule has 3 nitrogen and oxygen atoms in total. The number of hydrogen-bond donors (Lipinski definition) is 0. The van der Waals surface area contributed by atoms with Gasteiger partial charge in [-0.25, -0.2) is 0 Å². The Balaban J connectivity index is 2.76. The second kappa shape index (κ2) is 3.33. The fourth-order valence-corrected chi connectivity index (χ4v) is 2.93. The molecular weight excluding hydrogens is 266 g/mol. The summed E-state index contributed by atoms with van der Waals surface area (Å²) in [4.78, 5) is 10.3. The molecule has 0 saturated carbocycles. The van der Waals surface area contributed by atoms with Gasteiger partial charge in [0.05, 0.1) is 8.71 Å². The van der Waals surface area contributed by atoms with Crippen LogP contribution in [0, 0.1) is 17.0 Å². The highest BCUT2D eigenvalue weighted by Gasteiger charge is 2.12. The molecule has 0 spiro atoms. The van der Waals surface area contributed by atoms with Gasteiger partial charge in [-0.15, -0.1) is 11.3 Å². The van der Waals surface area contributed by atoms with Crippen molar-refractivity contribution in [2.45, 2.75) is 6.92 Å². The zero-order chi connectivity index (χ0) is 10.3. The van der Waals surface area contributed by atoms with Crippen LogP contribution in [0.25, 0.3) is 10.1 Å². The first-order valence-corrected chi connectivity index (χ1v) is 5.53. The third-order valence-electron chi connectivity index (χ3n) is 2.00. The average Bonchev–Trinajstić information content (AvgIpc) is 2.42. The van der Waals surface area contributed by atoms with E-state index in [2.05, 4.69) is 15.9 Å². The zero-order valence-corrected chi connectivity index (χ0v) is 9.68. The van der Waals surface area contributed by atoms with Crippen LogP contribution in [0.4, 0.5) is 5.69 Å². The summed E-state index contributed by atoms with van der Waals surface area (Å²) in [7, 11) is 0. The van der Waals surface area contributed by atoms with Gasteiger partial charge < -0.3 is 0 Å². The molecule has 0 fully saturated rings. The highest BCUT2D eigenvalue weighted by Crippen LogP contribution is 2.33. The molecule has 2 aromatic rings. The van der Waals surface area contributed by atoms with Crippen LogP contribution >= 0.6 is 27.3 Å². The number of halogens is 1. The molecule has 0 aliphatic rings. The summed E-state index contributed by atoms with van der Waals surface area (Å²) in [6, 6.07) is 5.44. The first kappa shape index (κ1) is 9.61. The van der Waals surface area contributed by atoms with Crippen LogP contribution in [0.1, 0.15) is 5.56 Å². The molecule has 2 rings (SSSR count). The molecule has 0 bridgehead atoms. The monoisotopic (exact) mass is 271 g/mol. The largest absolute Gasteiger partial charge is 0.273 e. The maximum absolute atomic E-state index is 10.7. The quantitative estimate of drug-likeness (QED) is 0.584. The lowest BCUT2D eigenvalue weighted by Crippen LogP contribution is -1.90. The highest BCUT2D eigenvalue weighted by molar-refractivity contribution is 9.11. The normalized spacial score (nSPS) is 10.7. The summed E-state index contributed by atoms with van der Waals surface area (Å²) in [5.41, 5.74) is 0.889. The van der Waals surface area contributed by atoms with Crippen molar-refractivity contribution in [2.24, 2.45) is 0 Å². The number of nitrogens with zero attached hydrogens (tertiary/aromatic N) is 1. The van der Waals surface area contributed by atoms with E-state index in [0.717, 1.165) is 13.9 Å². The molecule has 1 aromatic carbocycles. The van der Waals surface area contributed by atoms with Gasteiger partial charge in [0.25, 0.3) is 5.69 Å². The Labute approximate surface area is 92.6 Å². The van der Waals surface area contributed by atoms with Crippen molar-refractivity contribution in [1.29, 1.82) is 0 Å². The minimum absolute atomic E-state index is 0.187. The Hall–Kier alpha value is -0.940. The van der Waals surface area contributed by atoms with Crippen molar-refractivity contribution in [3.8, 4) is 0 Å². The average molecular weight is 272 g/mol. The Morgan fingerprint density at radius 3 is 2.79 bits per heavy atom. The van der Waals surface area contributed by atoms with Crippen LogP contribution in [0.15, 0.2) is 22.0 Å². The summed E-state index contributed by atoms with van der Waals surface area (Å²) in [6.45, 7) is 1.75. The Bertz CT molecular complexity index is 521. The van der Waals surface area contributed by atoms with E-state index in [1.165, 1.54) is 11.3 Å². The topological polar surface area (TPSA) is 43.1 Å². The van der Waals surface area contributed by atoms with Crippen LogP contribution in [-0.2, 0) is 0 Å². The van der Waals surface area contributed by atoms with Crippen molar-refractivity contribution >= 4 is 43.0 Å². The lowest BCUT2D eigenvalue weighted by molar-refractivity contribution is -0.385. The smallest absolute Gasteiger partial charge is 0.258 e. The molecule has 72 valence electrons. The number of hydrogen-bond acceptors (Lipinski definition) is 3. The molecule has 14 heavy (non-hydrogen) atoms. The van der Waals surface area contributed by atoms with E-state index in [1.54, 1.807) is 13.0 Å². The standard InChI is InChI=1S/C9H6BrNO2S/c1-5-2-6-3-9(10)14-8(6)4-7(5)11(12)13/h2-4H,1H3. The van der Waals surface area contributed by atoms with Crippen molar-refractivity contribution in [2.75, 3.05) is 0 Å². The van der Waals surface area contributed by atoms with E-state index in [4.69, 9.17) is 0 Å². The van der Waals surface area contributed by atoms with Crippen LogP contribution in [0.3, 0.4) is 0 Å². The molecule has 0 aliphatic carbocycles. The molecule has 1 heterocycles. The summed E-state index contributed by atoms with van der Waals surface area (Å²) < 4.78 is 1.93. The van der Waals surface area contributed by atoms with Gasteiger partial charge in [-0.1, -0.05) is 0 Å². The maximum Gasteiger partial charge on any atom is 0.273 e. The van der Waals surface area contributed by atoms with E-state index < -0.39 is 0 Å². The molecule has 5 heteroatoms. The minimum atomic E-state index is -0.345. The van der Waals surface area contributed by atoms with E-state index in [1.807, 2.05) is 12.1 Å². The summed E-state index contributed by atoms with van der Waals surface area (Å²) in [5.74, 6) is 0. The Kier molecular flexibility index (Phi) is 2.28. The van der Waals surface area contributed by atoms with Crippen LogP contribution in [0.2, 0.25) is 0 Å². The molecule has 0 N–H and O–H groups in total. The predicted molar refractivity (Wildman–Crippen MR) is 60.9 cm³/mol. The van der Waals surface area contributed by atoms with Crippen molar-refractivity contribution in [1.82, 2.24) is 0 Å². The van der Waals surface area contributed by atoms with Gasteiger partial charge >= 0.3 is 0 Å². The zero-order valence-electron chi connectivity index (χ0n) is 7.28. The van der Waals surface area contributed by atoms with Crippen LogP contribution in [0.5, 0.6) is 0 Å². The van der Waals surface area contributed by atoms with Gasteiger partial charge in [0.1, 0.15) is 0 Å². The number of aryl methyl sites for hydroxylation is 1. The molecule has 0 radical (unpaired) electrons. The molecule has 0 atom stereocenters. The maximum atomic E-state index is 10.7. The van der Waals surface area contributed by atoms with Crippen molar-refractivity contribution in [3.05, 3.63) is 37.7 Å². The van der Waals surface area contributed by atoms with Crippen molar-refractivity contribution in [3.63, 3.8) is 0 Å². The van der Waals surface area contributed by atoms with E-state index in [-0.39, 0.29) is 10.6 Å². The Morgan fingerprint density at radius 2 is 2.14 bits per heavy atom. The van der Waals surface area contributed by atoms with Gasteiger partial charge in [-0.2, -0.15) is 0 Å². The SMILES string of the molecule is Cc1cc2cc(Br)sc2cc1[N+](=O)[O-]. The first-order chi connectivity index (χ1) is 6.58. The Morgan fingerprint density at radius 1 is 1.43 bits per heavy atom. The van der Waals surface area contributed by atoms with Crippen LogP contribution in [-0.4, -0.2) is 4.92 Å². The third-order valence-corrected chi connectivity index (χ3v) is 3.60. The fraction of sp³-hybridized carbons (Fsp3) is 0.111. The van der Waals surface area contributed by atoms with Gasteiger partial charge in [-0.3, -0.25) is 10.1 Å². The van der Waals surface area contributed by atoms with Crippen molar-refractivity contribution < 1.29 is 4.92 Å². The fourth-order valence-electron chi connectivity index (χ4n) is 1.35. The number of nitro groups is 1. The lowest BCUT2D eigenvalue weighted by atomic mass is 10.1.